The lowest BCUT2D eigenvalue weighted by molar-refractivity contribution is -0.119. The predicted octanol–water partition coefficient (Wildman–Crippen LogP) is 4.54. The van der Waals surface area contributed by atoms with Gasteiger partial charge >= 0.3 is 0 Å². The lowest BCUT2D eigenvalue weighted by Crippen LogP contribution is -2.53. The molecule has 1 amide bonds. The summed E-state index contributed by atoms with van der Waals surface area (Å²) < 4.78 is 13.5. The van der Waals surface area contributed by atoms with Crippen molar-refractivity contribution in [3.05, 3.63) is 72.2 Å². The minimum atomic E-state index is -0.709. The number of hydrogen-bond donors (Lipinski definition) is 1. The van der Waals surface area contributed by atoms with Gasteiger partial charge in [-0.1, -0.05) is 30.3 Å². The van der Waals surface area contributed by atoms with Crippen LogP contribution in [0, 0.1) is 42.3 Å². The Bertz CT molecular complexity index is 1130. The average molecular weight is 382 g/mol. The SMILES string of the molecule is C#C[C@@H]1C[C@H](C#C)C1(CC(=O)Nc1cccc2cccnc12)c1ccc(F)cc1. The lowest BCUT2D eigenvalue weighted by Gasteiger charge is -2.52. The van der Waals surface area contributed by atoms with Gasteiger partial charge in [0.25, 0.3) is 0 Å². The standard InChI is InChI=1S/C25H19FN2O/c1-3-18-15-19(4-2)25(18,20-10-12-21(26)13-11-20)16-23(29)28-22-9-5-7-17-8-6-14-27-24(17)22/h1-2,5-14,18-19H,15-16H2,(H,28,29)/t18-,19+,25?. The van der Waals surface area contributed by atoms with Crippen LogP contribution in [-0.2, 0) is 10.2 Å². The van der Waals surface area contributed by atoms with E-state index in [0.717, 1.165) is 16.5 Å². The van der Waals surface area contributed by atoms with E-state index in [-0.39, 0.29) is 30.0 Å². The number of nitrogens with one attached hydrogen (secondary N) is 1. The van der Waals surface area contributed by atoms with Crippen LogP contribution < -0.4 is 5.32 Å². The maximum absolute atomic E-state index is 13.5. The highest BCUT2D eigenvalue weighted by atomic mass is 19.1. The number of rotatable bonds is 4. The summed E-state index contributed by atoms with van der Waals surface area (Å²) in [6, 6.07) is 15.5. The van der Waals surface area contributed by atoms with Crippen molar-refractivity contribution in [2.45, 2.75) is 18.3 Å². The van der Waals surface area contributed by atoms with Crippen molar-refractivity contribution in [1.82, 2.24) is 4.98 Å². The number of carbonyl (C=O) groups excluding carboxylic acids is 1. The number of terminal acetylenes is 2. The Morgan fingerprint density at radius 1 is 1.10 bits per heavy atom. The second-order valence-electron chi connectivity index (χ2n) is 7.33. The molecule has 0 spiro atoms. The van der Waals surface area contributed by atoms with Crippen molar-refractivity contribution in [3.63, 3.8) is 0 Å². The largest absolute Gasteiger partial charge is 0.324 e. The molecule has 0 radical (unpaired) electrons. The molecule has 1 aliphatic rings. The third-order valence-electron chi connectivity index (χ3n) is 5.86. The van der Waals surface area contributed by atoms with Gasteiger partial charge in [0.05, 0.1) is 11.2 Å². The van der Waals surface area contributed by atoms with Crippen molar-refractivity contribution >= 4 is 22.5 Å². The molecule has 1 fully saturated rings. The number of nitrogens with zero attached hydrogens (tertiary/aromatic N) is 1. The first-order valence-corrected chi connectivity index (χ1v) is 9.40. The maximum atomic E-state index is 13.5. The summed E-state index contributed by atoms with van der Waals surface area (Å²) in [7, 11) is 0. The number of aromatic nitrogens is 1. The molecule has 4 heteroatoms. The monoisotopic (exact) mass is 382 g/mol. The average Bonchev–Trinajstić information content (AvgIpc) is 2.73. The first kappa shape index (κ1) is 18.7. The summed E-state index contributed by atoms with van der Waals surface area (Å²) in [5, 5.41) is 3.90. The van der Waals surface area contributed by atoms with Gasteiger partial charge in [-0.25, -0.2) is 4.39 Å². The fourth-order valence-electron chi connectivity index (χ4n) is 4.35. The molecule has 2 aromatic carbocycles. The Kier molecular flexibility index (Phi) is 4.79. The molecular formula is C25H19FN2O. The minimum absolute atomic E-state index is 0.117. The van der Waals surface area contributed by atoms with E-state index in [4.69, 9.17) is 12.8 Å². The van der Waals surface area contributed by atoms with Gasteiger partial charge in [0.15, 0.2) is 0 Å². The predicted molar refractivity (Wildman–Crippen MR) is 112 cm³/mol. The summed E-state index contributed by atoms with van der Waals surface area (Å²) >= 11 is 0. The van der Waals surface area contributed by atoms with Crippen LogP contribution in [0.2, 0.25) is 0 Å². The van der Waals surface area contributed by atoms with Gasteiger partial charge in [-0.05, 0) is 36.2 Å². The molecule has 1 saturated carbocycles. The highest BCUT2D eigenvalue weighted by Crippen LogP contribution is 2.55. The first-order chi connectivity index (χ1) is 14.1. The van der Waals surface area contributed by atoms with Gasteiger partial charge in [0, 0.05) is 35.3 Å². The Morgan fingerprint density at radius 3 is 2.48 bits per heavy atom. The number of pyridine rings is 1. The van der Waals surface area contributed by atoms with Crippen LogP contribution in [0.4, 0.5) is 10.1 Å². The smallest absolute Gasteiger partial charge is 0.225 e. The number of fused-ring (bicyclic) bond motifs is 1. The van der Waals surface area contributed by atoms with Crippen molar-refractivity contribution < 1.29 is 9.18 Å². The van der Waals surface area contributed by atoms with Gasteiger partial charge in [-0.3, -0.25) is 9.78 Å². The second kappa shape index (κ2) is 7.41. The topological polar surface area (TPSA) is 42.0 Å². The number of anilines is 1. The van der Waals surface area contributed by atoms with E-state index in [1.165, 1.54) is 12.1 Å². The normalized spacial score (nSPS) is 22.9. The Balaban J connectivity index is 1.68. The third-order valence-corrected chi connectivity index (χ3v) is 5.86. The van der Waals surface area contributed by atoms with Crippen molar-refractivity contribution in [2.24, 2.45) is 11.8 Å². The number of amides is 1. The number of carbonyl (C=O) groups is 1. The number of halogens is 1. The summed E-state index contributed by atoms with van der Waals surface area (Å²) in [6.07, 6.45) is 14.0. The van der Waals surface area contributed by atoms with E-state index < -0.39 is 5.41 Å². The molecule has 29 heavy (non-hydrogen) atoms. The van der Waals surface area contributed by atoms with E-state index in [1.807, 2.05) is 30.3 Å². The Morgan fingerprint density at radius 2 is 1.79 bits per heavy atom. The van der Waals surface area contributed by atoms with Crippen LogP contribution >= 0.6 is 0 Å². The maximum Gasteiger partial charge on any atom is 0.225 e. The molecule has 0 saturated heterocycles. The Labute approximate surface area is 169 Å². The first-order valence-electron chi connectivity index (χ1n) is 9.40. The zero-order valence-corrected chi connectivity index (χ0v) is 15.7. The van der Waals surface area contributed by atoms with Crippen LogP contribution in [0.5, 0.6) is 0 Å². The summed E-state index contributed by atoms with van der Waals surface area (Å²) in [6.45, 7) is 0. The van der Waals surface area contributed by atoms with Gasteiger partial charge in [0.1, 0.15) is 5.82 Å². The van der Waals surface area contributed by atoms with Gasteiger partial charge < -0.3 is 5.32 Å². The number of para-hydroxylation sites is 1. The van der Waals surface area contributed by atoms with Crippen LogP contribution in [-0.4, -0.2) is 10.9 Å². The molecule has 3 atom stereocenters. The quantitative estimate of drug-likeness (QED) is 0.673. The second-order valence-corrected chi connectivity index (χ2v) is 7.33. The molecule has 1 aromatic heterocycles. The Hall–Kier alpha value is -3.63. The van der Waals surface area contributed by atoms with E-state index in [1.54, 1.807) is 18.3 Å². The van der Waals surface area contributed by atoms with Crippen molar-refractivity contribution in [2.75, 3.05) is 5.32 Å². The zero-order valence-electron chi connectivity index (χ0n) is 15.7. The van der Waals surface area contributed by atoms with Crippen LogP contribution in [0.25, 0.3) is 10.9 Å². The minimum Gasteiger partial charge on any atom is -0.324 e. The summed E-state index contributed by atoms with van der Waals surface area (Å²) in [4.78, 5) is 17.5. The highest BCUT2D eigenvalue weighted by molar-refractivity contribution is 6.00. The fraction of sp³-hybridized carbons (Fsp3) is 0.200. The van der Waals surface area contributed by atoms with Crippen molar-refractivity contribution in [3.8, 4) is 24.7 Å². The molecule has 142 valence electrons. The van der Waals surface area contributed by atoms with E-state index in [2.05, 4.69) is 22.1 Å². The van der Waals surface area contributed by atoms with Crippen LogP contribution in [0.1, 0.15) is 18.4 Å². The molecule has 0 bridgehead atoms. The molecule has 0 aliphatic heterocycles. The van der Waals surface area contributed by atoms with Gasteiger partial charge in [0.2, 0.25) is 5.91 Å². The van der Waals surface area contributed by atoms with E-state index in [0.29, 0.717) is 12.1 Å². The molecule has 3 aromatic rings. The lowest BCUT2D eigenvalue weighted by atomic mass is 9.49. The molecule has 4 rings (SSSR count). The van der Waals surface area contributed by atoms with Crippen LogP contribution in [0.3, 0.4) is 0 Å². The molecule has 1 heterocycles. The molecular weight excluding hydrogens is 363 g/mol. The van der Waals surface area contributed by atoms with Crippen molar-refractivity contribution in [1.29, 1.82) is 0 Å². The highest BCUT2D eigenvalue weighted by Gasteiger charge is 2.55. The van der Waals surface area contributed by atoms with E-state index >= 15 is 0 Å². The van der Waals surface area contributed by atoms with Gasteiger partial charge in [-0.15, -0.1) is 24.7 Å². The molecule has 1 N–H and O–H groups in total. The number of hydrogen-bond acceptors (Lipinski definition) is 2. The fourth-order valence-corrected chi connectivity index (χ4v) is 4.35. The molecule has 3 nitrogen and oxygen atoms in total. The molecule has 1 unspecified atom stereocenters. The summed E-state index contributed by atoms with van der Waals surface area (Å²) in [5.74, 6) is 4.65. The summed E-state index contributed by atoms with van der Waals surface area (Å²) in [5.41, 5.74) is 1.44. The number of benzene rings is 2. The van der Waals surface area contributed by atoms with Gasteiger partial charge in [-0.2, -0.15) is 0 Å². The zero-order chi connectivity index (χ0) is 20.4. The van der Waals surface area contributed by atoms with Crippen LogP contribution in [0.15, 0.2) is 60.8 Å². The third kappa shape index (κ3) is 3.13. The van der Waals surface area contributed by atoms with E-state index in [9.17, 15) is 9.18 Å². The molecule has 1 aliphatic carbocycles.